The van der Waals surface area contributed by atoms with Gasteiger partial charge in [-0.2, -0.15) is 0 Å². The first-order valence-electron chi connectivity index (χ1n) is 6.40. The number of hydrogen-bond donors (Lipinski definition) is 0. The van der Waals surface area contributed by atoms with Gasteiger partial charge in [0.1, 0.15) is 5.60 Å². The normalized spacial score (nSPS) is 23.4. The Kier molecular flexibility index (Phi) is 5.29. The second kappa shape index (κ2) is 6.07. The van der Waals surface area contributed by atoms with Crippen molar-refractivity contribution in [3.63, 3.8) is 0 Å². The fourth-order valence-corrected chi connectivity index (χ4v) is 2.63. The molecule has 0 aromatic carbocycles. The summed E-state index contributed by atoms with van der Waals surface area (Å²) < 4.78 is 5.47. The molecule has 100 valence electrons. The fraction of sp³-hybridized carbons (Fsp3) is 0.923. The Labute approximate surface area is 113 Å². The number of amides is 1. The molecule has 0 N–H and O–H groups in total. The Balaban J connectivity index is 2.67. The highest BCUT2D eigenvalue weighted by Crippen LogP contribution is 2.26. The van der Waals surface area contributed by atoms with Crippen molar-refractivity contribution in [2.75, 3.05) is 11.9 Å². The molecule has 1 heterocycles. The lowest BCUT2D eigenvalue weighted by Crippen LogP contribution is -2.49. The third-order valence-electron chi connectivity index (χ3n) is 3.08. The smallest absolute Gasteiger partial charge is 0.410 e. The van der Waals surface area contributed by atoms with Crippen molar-refractivity contribution in [2.45, 2.75) is 58.6 Å². The average Bonchev–Trinajstić information content (AvgIpc) is 2.25. The van der Waals surface area contributed by atoms with Gasteiger partial charge in [-0.1, -0.05) is 22.9 Å². The lowest BCUT2D eigenvalue weighted by Gasteiger charge is -2.39. The van der Waals surface area contributed by atoms with Crippen LogP contribution in [0.3, 0.4) is 0 Å². The number of hydrogen-bond acceptors (Lipinski definition) is 2. The molecule has 3 nitrogen and oxygen atoms in total. The second-order valence-corrected chi connectivity index (χ2v) is 6.52. The highest BCUT2D eigenvalue weighted by Gasteiger charge is 2.32. The van der Waals surface area contributed by atoms with Crippen LogP contribution in [0.5, 0.6) is 0 Å². The van der Waals surface area contributed by atoms with Crippen LogP contribution in [0.2, 0.25) is 0 Å². The number of ether oxygens (including phenoxy) is 1. The average molecular weight is 306 g/mol. The van der Waals surface area contributed by atoms with E-state index in [0.29, 0.717) is 12.0 Å². The third kappa shape index (κ3) is 4.49. The summed E-state index contributed by atoms with van der Waals surface area (Å²) in [6, 6.07) is 0.318. The molecule has 0 aliphatic carbocycles. The first-order chi connectivity index (χ1) is 7.85. The molecule has 1 aliphatic rings. The summed E-state index contributed by atoms with van der Waals surface area (Å²) in [7, 11) is 0. The highest BCUT2D eigenvalue weighted by atomic mass is 79.9. The monoisotopic (exact) mass is 305 g/mol. The van der Waals surface area contributed by atoms with Gasteiger partial charge in [-0.3, -0.25) is 0 Å². The van der Waals surface area contributed by atoms with E-state index < -0.39 is 5.60 Å². The highest BCUT2D eigenvalue weighted by molar-refractivity contribution is 9.09. The fourth-order valence-electron chi connectivity index (χ4n) is 2.20. The molecule has 0 saturated carbocycles. The molecule has 1 aliphatic heterocycles. The summed E-state index contributed by atoms with van der Waals surface area (Å²) in [5, 5.41) is 0.928. The van der Waals surface area contributed by atoms with Gasteiger partial charge >= 0.3 is 6.09 Å². The van der Waals surface area contributed by atoms with Gasteiger partial charge in [-0.25, -0.2) is 4.79 Å². The maximum absolute atomic E-state index is 12.1. The van der Waals surface area contributed by atoms with Crippen LogP contribution in [0, 0.1) is 5.92 Å². The number of alkyl halides is 1. The van der Waals surface area contributed by atoms with Gasteiger partial charge in [0.2, 0.25) is 0 Å². The van der Waals surface area contributed by atoms with E-state index in [0.717, 1.165) is 24.7 Å². The zero-order valence-corrected chi connectivity index (χ0v) is 12.9. The minimum absolute atomic E-state index is 0.157. The van der Waals surface area contributed by atoms with Crippen LogP contribution < -0.4 is 0 Å². The summed E-state index contributed by atoms with van der Waals surface area (Å²) in [6.07, 6.45) is 3.23. The quantitative estimate of drug-likeness (QED) is 0.726. The van der Waals surface area contributed by atoms with Gasteiger partial charge in [-0.05, 0) is 46.0 Å². The number of rotatable bonds is 2. The predicted octanol–water partition coefficient (Wildman–Crippen LogP) is 3.81. The molecular formula is C13H24BrNO2. The first kappa shape index (κ1) is 14.8. The lowest BCUT2D eigenvalue weighted by atomic mass is 9.93. The van der Waals surface area contributed by atoms with Crippen molar-refractivity contribution in [3.8, 4) is 0 Å². The van der Waals surface area contributed by atoms with Gasteiger partial charge in [0, 0.05) is 17.9 Å². The van der Waals surface area contributed by atoms with Crippen LogP contribution in [0.15, 0.2) is 0 Å². The molecule has 2 atom stereocenters. The van der Waals surface area contributed by atoms with E-state index in [-0.39, 0.29) is 6.09 Å². The van der Waals surface area contributed by atoms with Crippen LogP contribution in [0.25, 0.3) is 0 Å². The van der Waals surface area contributed by atoms with Gasteiger partial charge in [0.05, 0.1) is 0 Å². The van der Waals surface area contributed by atoms with Gasteiger partial charge < -0.3 is 9.64 Å². The number of halogens is 1. The molecule has 1 saturated heterocycles. The number of carbonyl (C=O) groups is 1. The Hall–Kier alpha value is -0.250. The summed E-state index contributed by atoms with van der Waals surface area (Å²) in [4.78, 5) is 14.1. The molecule has 1 amide bonds. The number of likely N-dealkylation sites (tertiary alicyclic amines) is 1. The molecule has 0 bridgehead atoms. The first-order valence-corrected chi connectivity index (χ1v) is 7.53. The lowest BCUT2D eigenvalue weighted by molar-refractivity contribution is 0.00415. The molecule has 0 spiro atoms. The van der Waals surface area contributed by atoms with E-state index in [1.165, 1.54) is 6.42 Å². The molecule has 1 rings (SSSR count). The van der Waals surface area contributed by atoms with Crippen molar-refractivity contribution < 1.29 is 9.53 Å². The van der Waals surface area contributed by atoms with E-state index >= 15 is 0 Å². The Morgan fingerprint density at radius 3 is 2.65 bits per heavy atom. The van der Waals surface area contributed by atoms with Crippen LogP contribution in [0.4, 0.5) is 4.79 Å². The largest absolute Gasteiger partial charge is 0.444 e. The van der Waals surface area contributed by atoms with Gasteiger partial charge in [-0.15, -0.1) is 0 Å². The zero-order valence-electron chi connectivity index (χ0n) is 11.3. The minimum atomic E-state index is -0.406. The molecule has 0 aromatic heterocycles. The molecule has 0 radical (unpaired) electrons. The van der Waals surface area contributed by atoms with Crippen molar-refractivity contribution in [3.05, 3.63) is 0 Å². The van der Waals surface area contributed by atoms with Crippen molar-refractivity contribution in [2.24, 2.45) is 5.92 Å². The Morgan fingerprint density at radius 2 is 2.12 bits per heavy atom. The maximum atomic E-state index is 12.1. The van der Waals surface area contributed by atoms with E-state index in [4.69, 9.17) is 4.74 Å². The zero-order chi connectivity index (χ0) is 13.1. The van der Waals surface area contributed by atoms with Crippen LogP contribution in [0.1, 0.15) is 47.0 Å². The molecule has 2 unspecified atom stereocenters. The second-order valence-electron chi connectivity index (χ2n) is 5.87. The summed E-state index contributed by atoms with van der Waals surface area (Å²) >= 11 is 3.51. The Bertz CT molecular complexity index is 263. The summed E-state index contributed by atoms with van der Waals surface area (Å²) in [5.41, 5.74) is -0.406. The van der Waals surface area contributed by atoms with Crippen LogP contribution in [-0.2, 0) is 4.74 Å². The number of nitrogens with zero attached hydrogens (tertiary/aromatic N) is 1. The summed E-state index contributed by atoms with van der Waals surface area (Å²) in [5.74, 6) is 0.475. The summed E-state index contributed by atoms with van der Waals surface area (Å²) in [6.45, 7) is 8.76. The van der Waals surface area contributed by atoms with Crippen molar-refractivity contribution in [1.82, 2.24) is 4.90 Å². The van der Waals surface area contributed by atoms with E-state index in [1.807, 2.05) is 25.7 Å². The molecule has 1 fully saturated rings. The number of carbonyl (C=O) groups excluding carboxylic acids is 1. The van der Waals surface area contributed by atoms with Crippen LogP contribution >= 0.6 is 15.9 Å². The van der Waals surface area contributed by atoms with Gasteiger partial charge in [0.15, 0.2) is 0 Å². The number of piperidine rings is 1. The Morgan fingerprint density at radius 1 is 1.47 bits per heavy atom. The molecule has 4 heteroatoms. The van der Waals surface area contributed by atoms with Crippen molar-refractivity contribution in [1.29, 1.82) is 0 Å². The van der Waals surface area contributed by atoms with Crippen molar-refractivity contribution >= 4 is 22.0 Å². The molecular weight excluding hydrogens is 282 g/mol. The maximum Gasteiger partial charge on any atom is 0.410 e. The van der Waals surface area contributed by atoms with Gasteiger partial charge in [0.25, 0.3) is 0 Å². The third-order valence-corrected chi connectivity index (χ3v) is 4.10. The molecule has 0 aromatic rings. The van der Waals surface area contributed by atoms with E-state index in [2.05, 4.69) is 22.9 Å². The topological polar surface area (TPSA) is 29.5 Å². The minimum Gasteiger partial charge on any atom is -0.444 e. The van der Waals surface area contributed by atoms with E-state index in [1.54, 1.807) is 0 Å². The SMILES string of the molecule is CC(CBr)C1CCCCN1C(=O)OC(C)(C)C. The predicted molar refractivity (Wildman–Crippen MR) is 73.5 cm³/mol. The van der Waals surface area contributed by atoms with Crippen LogP contribution in [-0.4, -0.2) is 34.5 Å². The van der Waals surface area contributed by atoms with E-state index in [9.17, 15) is 4.79 Å². The molecule has 17 heavy (non-hydrogen) atoms. The standard InChI is InChI=1S/C13H24BrNO2/c1-10(9-14)11-7-5-6-8-15(11)12(16)17-13(2,3)4/h10-11H,5-9H2,1-4H3.